The topological polar surface area (TPSA) is 58.6 Å². The van der Waals surface area contributed by atoms with Gasteiger partial charge in [0.15, 0.2) is 11.5 Å². The molecule has 1 unspecified atom stereocenters. The van der Waals surface area contributed by atoms with E-state index in [1.165, 1.54) is 12.2 Å². The lowest BCUT2D eigenvalue weighted by molar-refractivity contribution is -0.175. The fourth-order valence-electron chi connectivity index (χ4n) is 2.37. The van der Waals surface area contributed by atoms with E-state index in [1.54, 1.807) is 30.2 Å². The third-order valence-corrected chi connectivity index (χ3v) is 3.65. The van der Waals surface area contributed by atoms with Crippen LogP contribution in [0.4, 0.5) is 0 Å². The molecule has 1 saturated heterocycles. The van der Waals surface area contributed by atoms with Crippen LogP contribution in [-0.2, 0) is 14.3 Å². The largest absolute Gasteiger partial charge is 0.347 e. The van der Waals surface area contributed by atoms with Crippen molar-refractivity contribution >= 4 is 11.7 Å². The van der Waals surface area contributed by atoms with Crippen LogP contribution in [0.5, 0.6) is 0 Å². The van der Waals surface area contributed by atoms with Gasteiger partial charge in [-0.25, -0.2) is 0 Å². The highest BCUT2D eigenvalue weighted by molar-refractivity contribution is 6.00. The number of nitrogens with one attached hydrogen (secondary N) is 1. The quantitative estimate of drug-likeness (QED) is 0.591. The van der Waals surface area contributed by atoms with E-state index in [-0.39, 0.29) is 17.6 Å². The van der Waals surface area contributed by atoms with Gasteiger partial charge in [-0.3, -0.25) is 9.59 Å². The monoisotopic (exact) mass is 276 g/mol. The van der Waals surface area contributed by atoms with E-state index in [0.717, 1.165) is 19.5 Å². The summed E-state index contributed by atoms with van der Waals surface area (Å²) in [5.41, 5.74) is -0.893. The molecule has 1 amide bonds. The minimum absolute atomic E-state index is 0.0419. The molecule has 2 rings (SSSR count). The Morgan fingerprint density at radius 3 is 2.85 bits per heavy atom. The predicted octanol–water partition coefficient (Wildman–Crippen LogP) is 0.648. The first kappa shape index (κ1) is 14.7. The minimum atomic E-state index is -0.893. The van der Waals surface area contributed by atoms with Crippen molar-refractivity contribution in [3.63, 3.8) is 0 Å². The lowest BCUT2D eigenvalue weighted by Gasteiger charge is -2.44. The number of carbonyl (C=O) groups excluding carboxylic acids is 2. The van der Waals surface area contributed by atoms with Gasteiger partial charge in [0, 0.05) is 13.6 Å². The number of likely N-dealkylation sites (N-methyl/N-ethyl adjacent to an activating group) is 1. The molecule has 108 valence electrons. The number of allylic oxidation sites excluding steroid dienone is 2. The Bertz CT molecular complexity index is 452. The molecule has 5 nitrogen and oxygen atoms in total. The van der Waals surface area contributed by atoms with Crippen molar-refractivity contribution in [1.29, 1.82) is 0 Å². The molecule has 1 heterocycles. The lowest BCUT2D eigenvalue weighted by Crippen LogP contribution is -2.57. The number of ketones is 1. The Morgan fingerprint density at radius 2 is 2.20 bits per heavy atom. The molecule has 2 aliphatic rings. The molecule has 1 aliphatic heterocycles. The number of ether oxygens (including phenoxy) is 1. The zero-order valence-electron chi connectivity index (χ0n) is 11.7. The van der Waals surface area contributed by atoms with Crippen LogP contribution in [0.25, 0.3) is 0 Å². The smallest absolute Gasteiger partial charge is 0.230 e. The van der Waals surface area contributed by atoms with Gasteiger partial charge in [0.05, 0.1) is 12.5 Å². The summed E-state index contributed by atoms with van der Waals surface area (Å²) in [5.74, 6) is -0.196. The molecule has 0 saturated carbocycles. The average molecular weight is 276 g/mol. The predicted molar refractivity (Wildman–Crippen MR) is 75.9 cm³/mol. The summed E-state index contributed by atoms with van der Waals surface area (Å²) in [4.78, 5) is 25.1. The van der Waals surface area contributed by atoms with Gasteiger partial charge in [0.25, 0.3) is 0 Å². The van der Waals surface area contributed by atoms with E-state index in [1.807, 2.05) is 0 Å². The third-order valence-electron chi connectivity index (χ3n) is 3.65. The molecule has 0 aromatic heterocycles. The van der Waals surface area contributed by atoms with Crippen LogP contribution >= 0.6 is 0 Å². The highest BCUT2D eigenvalue weighted by Gasteiger charge is 2.43. The molecular weight excluding hydrogens is 256 g/mol. The maximum Gasteiger partial charge on any atom is 0.230 e. The lowest BCUT2D eigenvalue weighted by atomic mass is 9.96. The summed E-state index contributed by atoms with van der Waals surface area (Å²) < 4.78 is 5.84. The molecule has 0 aromatic carbocycles. The van der Waals surface area contributed by atoms with Crippen LogP contribution in [0.1, 0.15) is 6.42 Å². The summed E-state index contributed by atoms with van der Waals surface area (Å²) in [5, 5.41) is 3.18. The molecule has 1 aliphatic carbocycles. The van der Waals surface area contributed by atoms with Crippen LogP contribution < -0.4 is 5.32 Å². The SMILES string of the molecule is C=CCNCCC1COC2(C=CC(=O)C=C2)N(C)C1=O. The molecule has 20 heavy (non-hydrogen) atoms. The van der Waals surface area contributed by atoms with E-state index in [0.29, 0.717) is 6.61 Å². The first-order valence-corrected chi connectivity index (χ1v) is 6.75. The molecular formula is C15H20N2O3. The van der Waals surface area contributed by atoms with E-state index < -0.39 is 5.72 Å². The first-order chi connectivity index (χ1) is 9.59. The second kappa shape index (κ2) is 6.15. The van der Waals surface area contributed by atoms with Crippen LogP contribution in [0.2, 0.25) is 0 Å². The van der Waals surface area contributed by atoms with Gasteiger partial charge < -0.3 is 15.0 Å². The zero-order chi connectivity index (χ0) is 14.6. The Morgan fingerprint density at radius 1 is 1.50 bits per heavy atom. The molecule has 1 N–H and O–H groups in total. The van der Waals surface area contributed by atoms with Crippen molar-refractivity contribution in [1.82, 2.24) is 10.2 Å². The maximum atomic E-state index is 12.4. The van der Waals surface area contributed by atoms with Crippen LogP contribution in [-0.4, -0.2) is 49.1 Å². The molecule has 1 atom stereocenters. The average Bonchev–Trinajstić information content (AvgIpc) is 2.46. The fourth-order valence-corrected chi connectivity index (χ4v) is 2.37. The number of amides is 1. The molecule has 0 radical (unpaired) electrons. The van der Waals surface area contributed by atoms with Crippen molar-refractivity contribution in [2.24, 2.45) is 5.92 Å². The van der Waals surface area contributed by atoms with Gasteiger partial charge in [0.1, 0.15) is 0 Å². The Labute approximate surface area is 119 Å². The maximum absolute atomic E-state index is 12.4. The number of nitrogens with zero attached hydrogens (tertiary/aromatic N) is 1. The second-order valence-corrected chi connectivity index (χ2v) is 5.01. The first-order valence-electron chi connectivity index (χ1n) is 6.75. The summed E-state index contributed by atoms with van der Waals surface area (Å²) >= 11 is 0. The normalized spacial score (nSPS) is 24.4. The highest BCUT2D eigenvalue weighted by Crippen LogP contribution is 2.30. The van der Waals surface area contributed by atoms with Crippen molar-refractivity contribution in [3.8, 4) is 0 Å². The molecule has 5 heteroatoms. The van der Waals surface area contributed by atoms with Crippen LogP contribution in [0, 0.1) is 5.92 Å². The van der Waals surface area contributed by atoms with E-state index in [2.05, 4.69) is 11.9 Å². The molecule has 1 spiro atoms. The van der Waals surface area contributed by atoms with Gasteiger partial charge >= 0.3 is 0 Å². The molecule has 0 aromatic rings. The van der Waals surface area contributed by atoms with E-state index >= 15 is 0 Å². The summed E-state index contributed by atoms with van der Waals surface area (Å²) in [7, 11) is 1.70. The van der Waals surface area contributed by atoms with Crippen molar-refractivity contribution < 1.29 is 14.3 Å². The number of hydrogen-bond donors (Lipinski definition) is 1. The Balaban J connectivity index is 1.97. The second-order valence-electron chi connectivity index (χ2n) is 5.01. The van der Waals surface area contributed by atoms with Crippen LogP contribution in [0.3, 0.4) is 0 Å². The van der Waals surface area contributed by atoms with Gasteiger partial charge in [0.2, 0.25) is 5.91 Å². The summed E-state index contributed by atoms with van der Waals surface area (Å²) in [6.07, 6.45) is 8.67. The van der Waals surface area contributed by atoms with Gasteiger partial charge in [-0.15, -0.1) is 6.58 Å². The number of carbonyl (C=O) groups is 2. The third kappa shape index (κ3) is 2.89. The zero-order valence-corrected chi connectivity index (χ0v) is 11.7. The summed E-state index contributed by atoms with van der Waals surface area (Å²) in [6.45, 7) is 5.47. The highest BCUT2D eigenvalue weighted by atomic mass is 16.5. The van der Waals surface area contributed by atoms with E-state index in [9.17, 15) is 9.59 Å². The molecule has 0 bridgehead atoms. The van der Waals surface area contributed by atoms with Crippen LogP contribution in [0.15, 0.2) is 37.0 Å². The van der Waals surface area contributed by atoms with Crippen molar-refractivity contribution in [2.75, 3.05) is 26.7 Å². The Kier molecular flexibility index (Phi) is 4.52. The number of rotatable bonds is 5. The van der Waals surface area contributed by atoms with Gasteiger partial charge in [-0.1, -0.05) is 6.08 Å². The fraction of sp³-hybridized carbons (Fsp3) is 0.467. The van der Waals surface area contributed by atoms with E-state index in [4.69, 9.17) is 4.74 Å². The molecule has 1 fully saturated rings. The minimum Gasteiger partial charge on any atom is -0.347 e. The van der Waals surface area contributed by atoms with Crippen molar-refractivity contribution in [2.45, 2.75) is 12.1 Å². The number of hydrogen-bond acceptors (Lipinski definition) is 4. The van der Waals surface area contributed by atoms with Gasteiger partial charge in [-0.2, -0.15) is 0 Å². The van der Waals surface area contributed by atoms with Crippen molar-refractivity contribution in [3.05, 3.63) is 37.0 Å². The standard InChI is InChI=1S/C15H20N2O3/c1-3-9-16-10-6-12-11-20-15(17(2)14(12)19)7-4-13(18)5-8-15/h3-5,7-8,12,16H,1,6,9-11H2,2H3. The summed E-state index contributed by atoms with van der Waals surface area (Å²) in [6, 6.07) is 0. The Hall–Kier alpha value is -1.72. The van der Waals surface area contributed by atoms with Gasteiger partial charge in [-0.05, 0) is 37.3 Å².